The summed E-state index contributed by atoms with van der Waals surface area (Å²) in [5.41, 5.74) is 0. The predicted octanol–water partition coefficient (Wildman–Crippen LogP) is 8.04. The lowest BCUT2D eigenvalue weighted by Crippen LogP contribution is -2.36. The molecule has 3 amide bonds. The van der Waals surface area contributed by atoms with E-state index >= 15 is 0 Å². The van der Waals surface area contributed by atoms with Crippen molar-refractivity contribution in [2.75, 3.05) is 26.4 Å². The molecule has 0 heterocycles. The Morgan fingerprint density at radius 1 is 0.765 bits per heavy atom. The Kier molecular flexibility index (Phi) is 22.9. The summed E-state index contributed by atoms with van der Waals surface area (Å²) in [6.07, 6.45) is 18.5. The van der Waals surface area contributed by atoms with E-state index in [1.165, 1.54) is 64.2 Å². The Balaban J connectivity index is 4.56. The standard InChI is InChI=1S/C27H52N2O4S/c1-5-7-9-11-13-15-17-20-25(21-18-16-14-12-10-8-6-2)33-26(31)29(24-30)27(32)34-23-19-22-28(3)4/h24-25H,5-23H2,1-4H3. The van der Waals surface area contributed by atoms with Crippen LogP contribution in [0.1, 0.15) is 123 Å². The lowest BCUT2D eigenvalue weighted by atomic mass is 10.0. The molecule has 34 heavy (non-hydrogen) atoms. The van der Waals surface area contributed by atoms with Gasteiger partial charge in [0.2, 0.25) is 6.41 Å². The molecule has 0 N–H and O–H groups in total. The number of ether oxygens (including phenoxy) is 1. The summed E-state index contributed by atoms with van der Waals surface area (Å²) < 4.78 is 5.67. The third-order valence-electron chi connectivity index (χ3n) is 6.00. The zero-order valence-corrected chi connectivity index (χ0v) is 23.3. The largest absolute Gasteiger partial charge is 0.445 e. The Hall–Kier alpha value is -1.08. The second kappa shape index (κ2) is 23.7. The maximum Gasteiger partial charge on any atom is 0.424 e. The van der Waals surface area contributed by atoms with Gasteiger partial charge in [0.1, 0.15) is 6.10 Å². The molecule has 0 bridgehead atoms. The highest BCUT2D eigenvalue weighted by molar-refractivity contribution is 8.13. The molecule has 0 atom stereocenters. The molecule has 0 rings (SSSR count). The van der Waals surface area contributed by atoms with E-state index in [9.17, 15) is 14.4 Å². The van der Waals surface area contributed by atoms with Crippen molar-refractivity contribution in [2.45, 2.75) is 129 Å². The minimum absolute atomic E-state index is 0.229. The van der Waals surface area contributed by atoms with Crippen molar-refractivity contribution in [3.8, 4) is 0 Å². The Bertz CT molecular complexity index is 499. The van der Waals surface area contributed by atoms with E-state index in [0.29, 0.717) is 17.1 Å². The molecule has 0 aliphatic carbocycles. The summed E-state index contributed by atoms with van der Waals surface area (Å²) in [4.78, 5) is 39.1. The molecular weight excluding hydrogens is 448 g/mol. The van der Waals surface area contributed by atoms with Crippen molar-refractivity contribution in [1.82, 2.24) is 9.80 Å². The number of hydrogen-bond donors (Lipinski definition) is 0. The summed E-state index contributed by atoms with van der Waals surface area (Å²) in [6, 6.07) is 0. The zero-order valence-electron chi connectivity index (χ0n) is 22.5. The fraction of sp³-hybridized carbons (Fsp3) is 0.889. The van der Waals surface area contributed by atoms with Gasteiger partial charge in [-0.15, -0.1) is 0 Å². The molecule has 0 aromatic rings. The highest BCUT2D eigenvalue weighted by Gasteiger charge is 2.25. The number of hydrogen-bond acceptors (Lipinski definition) is 6. The predicted molar refractivity (Wildman–Crippen MR) is 144 cm³/mol. The first-order chi connectivity index (χ1) is 16.5. The van der Waals surface area contributed by atoms with Gasteiger partial charge in [-0.25, -0.2) is 4.79 Å². The van der Waals surface area contributed by atoms with Crippen LogP contribution in [0, 0.1) is 0 Å². The monoisotopic (exact) mass is 500 g/mol. The molecule has 6 nitrogen and oxygen atoms in total. The summed E-state index contributed by atoms with van der Waals surface area (Å²) in [6.45, 7) is 5.29. The normalized spacial score (nSPS) is 11.2. The van der Waals surface area contributed by atoms with Gasteiger partial charge in [-0.1, -0.05) is 103 Å². The van der Waals surface area contributed by atoms with Gasteiger partial charge >= 0.3 is 6.09 Å². The molecule has 0 fully saturated rings. The number of rotatable bonds is 22. The van der Waals surface area contributed by atoms with Gasteiger partial charge in [0.05, 0.1) is 0 Å². The van der Waals surface area contributed by atoms with E-state index < -0.39 is 11.3 Å². The molecule has 0 unspecified atom stereocenters. The smallest absolute Gasteiger partial charge is 0.424 e. The van der Waals surface area contributed by atoms with Crippen molar-refractivity contribution in [2.24, 2.45) is 0 Å². The van der Waals surface area contributed by atoms with Crippen LogP contribution < -0.4 is 0 Å². The number of imide groups is 3. The lowest BCUT2D eigenvalue weighted by molar-refractivity contribution is -0.114. The molecule has 0 saturated carbocycles. The molecule has 0 radical (unpaired) electrons. The molecule has 0 aliphatic heterocycles. The van der Waals surface area contributed by atoms with Crippen molar-refractivity contribution >= 4 is 29.5 Å². The van der Waals surface area contributed by atoms with E-state index in [0.717, 1.165) is 63.3 Å². The Morgan fingerprint density at radius 3 is 1.68 bits per heavy atom. The SMILES string of the molecule is CCCCCCCCCC(CCCCCCCCC)OC(=O)N(C=O)C(=O)SCCCN(C)C. The Labute approximate surface area is 213 Å². The van der Waals surface area contributed by atoms with Gasteiger partial charge in [0.25, 0.3) is 5.24 Å². The first-order valence-electron chi connectivity index (χ1n) is 13.7. The minimum atomic E-state index is -0.823. The molecule has 0 saturated heterocycles. The first-order valence-corrected chi connectivity index (χ1v) is 14.7. The van der Waals surface area contributed by atoms with Crippen LogP contribution >= 0.6 is 11.8 Å². The summed E-state index contributed by atoms with van der Waals surface area (Å²) in [5.74, 6) is 0.564. The van der Waals surface area contributed by atoms with Crippen molar-refractivity contribution in [1.29, 1.82) is 0 Å². The first kappa shape index (κ1) is 32.9. The highest BCUT2D eigenvalue weighted by atomic mass is 32.2. The van der Waals surface area contributed by atoms with Crippen LogP contribution in [0.5, 0.6) is 0 Å². The maximum absolute atomic E-state index is 12.6. The van der Waals surface area contributed by atoms with Gasteiger partial charge in [0.15, 0.2) is 0 Å². The second-order valence-electron chi connectivity index (χ2n) is 9.57. The summed E-state index contributed by atoms with van der Waals surface area (Å²) in [7, 11) is 3.94. The van der Waals surface area contributed by atoms with Crippen LogP contribution in [-0.2, 0) is 9.53 Å². The highest BCUT2D eigenvalue weighted by Crippen LogP contribution is 2.19. The van der Waals surface area contributed by atoms with E-state index in [1.54, 1.807) is 0 Å². The number of nitrogens with zero attached hydrogens (tertiary/aromatic N) is 2. The van der Waals surface area contributed by atoms with Crippen molar-refractivity contribution in [3.05, 3.63) is 0 Å². The summed E-state index contributed by atoms with van der Waals surface area (Å²) >= 11 is 0.996. The number of thioether (sulfide) groups is 1. The van der Waals surface area contributed by atoms with Crippen LogP contribution in [-0.4, -0.2) is 60.0 Å². The molecule has 0 aromatic heterocycles. The van der Waals surface area contributed by atoms with Crippen molar-refractivity contribution < 1.29 is 19.1 Å². The van der Waals surface area contributed by atoms with Gasteiger partial charge in [0, 0.05) is 5.75 Å². The number of carbonyl (C=O) groups is 3. The minimum Gasteiger partial charge on any atom is -0.445 e. The van der Waals surface area contributed by atoms with Gasteiger partial charge in [-0.05, 0) is 52.7 Å². The Morgan fingerprint density at radius 2 is 1.24 bits per heavy atom. The number of amides is 3. The molecule has 200 valence electrons. The van der Waals surface area contributed by atoms with Crippen LogP contribution in [0.3, 0.4) is 0 Å². The topological polar surface area (TPSA) is 66.9 Å². The van der Waals surface area contributed by atoms with E-state index in [4.69, 9.17) is 4.74 Å². The zero-order chi connectivity index (χ0) is 25.4. The number of unbranched alkanes of at least 4 members (excludes halogenated alkanes) is 12. The maximum atomic E-state index is 12.6. The number of carbonyl (C=O) groups excluding carboxylic acids is 3. The molecule has 0 spiro atoms. The van der Waals surface area contributed by atoms with Crippen LogP contribution in [0.25, 0.3) is 0 Å². The van der Waals surface area contributed by atoms with Gasteiger partial charge < -0.3 is 9.64 Å². The molecule has 7 heteroatoms. The lowest BCUT2D eigenvalue weighted by Gasteiger charge is -2.21. The average Bonchev–Trinajstić information content (AvgIpc) is 2.80. The molecule has 0 aliphatic rings. The van der Waals surface area contributed by atoms with Crippen LogP contribution in [0.2, 0.25) is 0 Å². The van der Waals surface area contributed by atoms with Gasteiger partial charge in [-0.2, -0.15) is 4.90 Å². The molecular formula is C27H52N2O4S. The van der Waals surface area contributed by atoms with Gasteiger partial charge in [-0.3, -0.25) is 9.59 Å². The average molecular weight is 501 g/mol. The van der Waals surface area contributed by atoms with Crippen molar-refractivity contribution in [3.63, 3.8) is 0 Å². The fourth-order valence-corrected chi connectivity index (χ4v) is 4.59. The third kappa shape index (κ3) is 19.2. The fourth-order valence-electron chi connectivity index (χ4n) is 3.89. The van der Waals surface area contributed by atoms with Crippen LogP contribution in [0.4, 0.5) is 9.59 Å². The quantitative estimate of drug-likeness (QED) is 0.111. The van der Waals surface area contributed by atoms with Crippen LogP contribution in [0.15, 0.2) is 0 Å². The van der Waals surface area contributed by atoms with E-state index in [-0.39, 0.29) is 6.10 Å². The third-order valence-corrected chi connectivity index (χ3v) is 6.94. The van der Waals surface area contributed by atoms with E-state index in [2.05, 4.69) is 13.8 Å². The molecule has 0 aromatic carbocycles. The second-order valence-corrected chi connectivity index (χ2v) is 10.6. The summed E-state index contributed by atoms with van der Waals surface area (Å²) in [5, 5.41) is -0.552. The van der Waals surface area contributed by atoms with E-state index in [1.807, 2.05) is 19.0 Å².